The molecule has 0 amide bonds. The zero-order chi connectivity index (χ0) is 24.3. The first-order valence-electron chi connectivity index (χ1n) is 11.7. The summed E-state index contributed by atoms with van der Waals surface area (Å²) < 4.78 is 0. The summed E-state index contributed by atoms with van der Waals surface area (Å²) >= 11 is 0. The van der Waals surface area contributed by atoms with Crippen LogP contribution in [0.15, 0.2) is 73.3 Å². The van der Waals surface area contributed by atoms with Crippen molar-refractivity contribution in [3.8, 4) is 0 Å². The van der Waals surface area contributed by atoms with Crippen molar-refractivity contribution in [3.63, 3.8) is 0 Å². The molecule has 0 N–H and O–H groups in total. The molecule has 4 rings (SSSR count). The average molecular weight is 489 g/mol. The van der Waals surface area contributed by atoms with Gasteiger partial charge in [0.05, 0.1) is 0 Å². The molecule has 0 saturated heterocycles. The van der Waals surface area contributed by atoms with Crippen molar-refractivity contribution in [3.05, 3.63) is 84.4 Å². The monoisotopic (exact) mass is 488 g/mol. The molecule has 0 fully saturated rings. The van der Waals surface area contributed by atoms with Crippen LogP contribution in [0.3, 0.4) is 0 Å². The average Bonchev–Trinajstić information content (AvgIpc) is 2.81. The number of rotatable bonds is 6. The molecule has 34 heavy (non-hydrogen) atoms. The molecule has 0 aliphatic carbocycles. The van der Waals surface area contributed by atoms with E-state index in [1.54, 1.807) is 0 Å². The molecule has 0 radical (unpaired) electrons. The zero-order valence-corrected chi connectivity index (χ0v) is 22.8. The van der Waals surface area contributed by atoms with Gasteiger partial charge in [0.15, 0.2) is 11.1 Å². The molecule has 4 nitrogen and oxygen atoms in total. The molecule has 6 heteroatoms. The molecule has 2 heterocycles. The van der Waals surface area contributed by atoms with Crippen LogP contribution >= 0.6 is 15.8 Å². The van der Waals surface area contributed by atoms with Gasteiger partial charge in [0, 0.05) is 38.9 Å². The van der Waals surface area contributed by atoms with E-state index in [1.807, 2.05) is 36.9 Å². The third-order valence-corrected chi connectivity index (χ3v) is 11.9. The van der Waals surface area contributed by atoms with E-state index in [4.69, 9.17) is 0 Å². The second-order valence-corrected chi connectivity index (χ2v) is 16.4. The van der Waals surface area contributed by atoms with Gasteiger partial charge in [0.2, 0.25) is 0 Å². The summed E-state index contributed by atoms with van der Waals surface area (Å²) in [6.07, 6.45) is 9.20. The summed E-state index contributed by atoms with van der Waals surface area (Å²) in [5.41, 5.74) is 4.49. The standard InChI is InChI=1S/C28H34N4P2/c1-27(2,3)34(28(4,5)6)20-24-22(14-13-21-11-7-8-12-23(21)24)19-33(25-29-15-9-16-30-25)26-31-17-10-18-32-26/h7-18H,19-20H2,1-6H3. The molecule has 4 aromatic rings. The minimum absolute atomic E-state index is 0.248. The highest BCUT2D eigenvalue weighted by Crippen LogP contribution is 2.62. The molecular formula is C28H34N4P2. The maximum Gasteiger partial charge on any atom is 0.158 e. The summed E-state index contributed by atoms with van der Waals surface area (Å²) in [7, 11) is -1.21. The van der Waals surface area contributed by atoms with Crippen molar-refractivity contribution < 1.29 is 0 Å². The van der Waals surface area contributed by atoms with E-state index in [2.05, 4.69) is 97.9 Å². The number of benzene rings is 2. The summed E-state index contributed by atoms with van der Waals surface area (Å²) in [6.45, 7) is 14.4. The van der Waals surface area contributed by atoms with Crippen LogP contribution in [0.25, 0.3) is 10.8 Å². The predicted molar refractivity (Wildman–Crippen MR) is 148 cm³/mol. The summed E-state index contributed by atoms with van der Waals surface area (Å²) in [5.74, 6) is 0. The third kappa shape index (κ3) is 5.68. The number of fused-ring (bicyclic) bond motifs is 1. The van der Waals surface area contributed by atoms with Crippen molar-refractivity contribution in [2.24, 2.45) is 0 Å². The van der Waals surface area contributed by atoms with Gasteiger partial charge in [0.1, 0.15) is 0 Å². The highest BCUT2D eigenvalue weighted by atomic mass is 31.1. The fourth-order valence-electron chi connectivity index (χ4n) is 4.62. The molecule has 2 aromatic carbocycles. The highest BCUT2D eigenvalue weighted by Gasteiger charge is 2.35. The Kier molecular flexibility index (Phi) is 7.41. The van der Waals surface area contributed by atoms with Gasteiger partial charge in [-0.1, -0.05) is 85.9 Å². The predicted octanol–water partition coefficient (Wildman–Crippen LogP) is 6.63. The number of aromatic nitrogens is 4. The highest BCUT2D eigenvalue weighted by molar-refractivity contribution is 7.71. The van der Waals surface area contributed by atoms with Crippen molar-refractivity contribution >= 4 is 37.7 Å². The van der Waals surface area contributed by atoms with Crippen LogP contribution < -0.4 is 11.1 Å². The van der Waals surface area contributed by atoms with E-state index in [9.17, 15) is 0 Å². The minimum atomic E-state index is -0.917. The summed E-state index contributed by atoms with van der Waals surface area (Å²) in [5, 5.41) is 3.16. The fraction of sp³-hybridized carbons (Fsp3) is 0.357. The SMILES string of the molecule is CC(C)(C)P(Cc1c(CP(c2ncccn2)c2ncccn2)ccc2ccccc12)C(C)(C)C. The molecule has 0 bridgehead atoms. The largest absolute Gasteiger partial charge is 0.237 e. The van der Waals surface area contributed by atoms with Crippen LogP contribution in [0.1, 0.15) is 52.7 Å². The maximum absolute atomic E-state index is 4.62. The molecule has 176 valence electrons. The second-order valence-electron chi connectivity index (χ2n) is 10.5. The van der Waals surface area contributed by atoms with Gasteiger partial charge in [-0.3, -0.25) is 0 Å². The lowest BCUT2D eigenvalue weighted by Gasteiger charge is -2.42. The van der Waals surface area contributed by atoms with Gasteiger partial charge >= 0.3 is 0 Å². The lowest BCUT2D eigenvalue weighted by atomic mass is 10.0. The van der Waals surface area contributed by atoms with Crippen LogP contribution in [-0.2, 0) is 12.3 Å². The van der Waals surface area contributed by atoms with E-state index >= 15 is 0 Å². The smallest absolute Gasteiger partial charge is 0.158 e. The topological polar surface area (TPSA) is 51.6 Å². The van der Waals surface area contributed by atoms with E-state index in [0.717, 1.165) is 23.5 Å². The molecule has 2 aromatic heterocycles. The van der Waals surface area contributed by atoms with Crippen LogP contribution in [0, 0.1) is 0 Å². The number of hydrogen-bond acceptors (Lipinski definition) is 4. The molecule has 0 spiro atoms. The number of nitrogens with zero attached hydrogens (tertiary/aromatic N) is 4. The molecule has 0 aliphatic heterocycles. The van der Waals surface area contributed by atoms with Gasteiger partial charge in [0.25, 0.3) is 0 Å². The van der Waals surface area contributed by atoms with Gasteiger partial charge in [-0.2, -0.15) is 0 Å². The van der Waals surface area contributed by atoms with E-state index in [0.29, 0.717) is 0 Å². The van der Waals surface area contributed by atoms with Crippen LogP contribution in [-0.4, -0.2) is 30.2 Å². The van der Waals surface area contributed by atoms with Crippen LogP contribution in [0.2, 0.25) is 0 Å². The lowest BCUT2D eigenvalue weighted by Crippen LogP contribution is -2.26. The maximum atomic E-state index is 4.62. The summed E-state index contributed by atoms with van der Waals surface area (Å²) in [4.78, 5) is 18.5. The zero-order valence-electron chi connectivity index (χ0n) is 21.0. The third-order valence-electron chi connectivity index (χ3n) is 5.99. The molecule has 0 aliphatic rings. The summed E-state index contributed by atoms with van der Waals surface area (Å²) in [6, 6.07) is 17.1. The minimum Gasteiger partial charge on any atom is -0.237 e. The quantitative estimate of drug-likeness (QED) is 0.286. The molecule has 0 atom stereocenters. The first-order valence-corrected chi connectivity index (χ1v) is 14.8. The Morgan fingerprint density at radius 2 is 1.15 bits per heavy atom. The van der Waals surface area contributed by atoms with Gasteiger partial charge < -0.3 is 0 Å². The van der Waals surface area contributed by atoms with E-state index in [1.165, 1.54) is 21.9 Å². The first kappa shape index (κ1) is 24.8. The normalized spacial score (nSPS) is 12.6. The van der Waals surface area contributed by atoms with Crippen LogP contribution in [0.4, 0.5) is 0 Å². The van der Waals surface area contributed by atoms with E-state index in [-0.39, 0.29) is 18.2 Å². The Morgan fingerprint density at radius 1 is 0.618 bits per heavy atom. The van der Waals surface area contributed by atoms with Gasteiger partial charge in [-0.15, -0.1) is 0 Å². The Bertz CT molecular complexity index is 1180. The molecule has 0 saturated carbocycles. The van der Waals surface area contributed by atoms with Crippen LogP contribution in [0.5, 0.6) is 0 Å². The molecular weight excluding hydrogens is 454 g/mol. The van der Waals surface area contributed by atoms with Crippen molar-refractivity contribution in [1.82, 2.24) is 19.9 Å². The van der Waals surface area contributed by atoms with E-state index < -0.39 is 7.92 Å². The Balaban J connectivity index is 1.85. The Morgan fingerprint density at radius 3 is 1.68 bits per heavy atom. The lowest BCUT2D eigenvalue weighted by molar-refractivity contribution is 0.703. The fourth-order valence-corrected chi connectivity index (χ4v) is 10.2. The Labute approximate surface area is 206 Å². The number of hydrogen-bond donors (Lipinski definition) is 0. The molecule has 0 unspecified atom stereocenters. The first-order chi connectivity index (χ1) is 16.1. The second kappa shape index (κ2) is 10.1. The van der Waals surface area contributed by atoms with Crippen molar-refractivity contribution in [2.75, 3.05) is 0 Å². The van der Waals surface area contributed by atoms with Gasteiger partial charge in [-0.25, -0.2) is 19.9 Å². The van der Waals surface area contributed by atoms with Crippen molar-refractivity contribution in [2.45, 2.75) is 64.2 Å². The van der Waals surface area contributed by atoms with Gasteiger partial charge in [-0.05, 0) is 50.5 Å². The Hall–Kier alpha value is -2.28. The van der Waals surface area contributed by atoms with Crippen molar-refractivity contribution in [1.29, 1.82) is 0 Å².